The molecule has 0 aromatic heterocycles. The maximum absolute atomic E-state index is 12.2. The normalized spacial score (nSPS) is 14.8. The molecule has 4 heteroatoms. The summed E-state index contributed by atoms with van der Waals surface area (Å²) in [4.78, 5) is 14.1. The highest BCUT2D eigenvalue weighted by atomic mass is 16.5. The van der Waals surface area contributed by atoms with E-state index in [2.05, 4.69) is 0 Å². The first-order chi connectivity index (χ1) is 11.8. The van der Waals surface area contributed by atoms with E-state index in [-0.39, 0.29) is 12.5 Å². The summed E-state index contributed by atoms with van der Waals surface area (Å²) in [7, 11) is 0. The molecule has 0 N–H and O–H groups in total. The number of hydrogen-bond acceptors (Lipinski definition) is 3. The number of hydrogen-bond donors (Lipinski definition) is 0. The molecular weight excluding hydrogens is 302 g/mol. The van der Waals surface area contributed by atoms with Gasteiger partial charge < -0.3 is 14.4 Å². The molecule has 2 aromatic rings. The van der Waals surface area contributed by atoms with Gasteiger partial charge in [0, 0.05) is 13.1 Å². The number of carbonyl (C=O) groups is 1. The minimum Gasteiger partial charge on any atom is -0.484 e. The van der Waals surface area contributed by atoms with Crippen molar-refractivity contribution in [3.8, 4) is 17.2 Å². The molecule has 1 fully saturated rings. The van der Waals surface area contributed by atoms with Gasteiger partial charge in [0.25, 0.3) is 5.91 Å². The monoisotopic (exact) mass is 325 g/mol. The number of para-hydroxylation sites is 1. The Balaban J connectivity index is 1.49. The highest BCUT2D eigenvalue weighted by Crippen LogP contribution is 2.23. The van der Waals surface area contributed by atoms with E-state index in [1.54, 1.807) is 0 Å². The van der Waals surface area contributed by atoms with Crippen molar-refractivity contribution in [1.29, 1.82) is 0 Å². The summed E-state index contributed by atoms with van der Waals surface area (Å²) in [5.74, 6) is 2.29. The van der Waals surface area contributed by atoms with Gasteiger partial charge in [-0.1, -0.05) is 31.0 Å². The molecule has 1 aliphatic heterocycles. The quantitative estimate of drug-likeness (QED) is 0.824. The predicted octanol–water partition coefficient (Wildman–Crippen LogP) is 4.26. The van der Waals surface area contributed by atoms with Crippen LogP contribution in [0.25, 0.3) is 0 Å². The molecule has 0 aliphatic carbocycles. The Morgan fingerprint density at radius 2 is 1.38 bits per heavy atom. The fourth-order valence-electron chi connectivity index (χ4n) is 2.78. The molecule has 24 heavy (non-hydrogen) atoms. The van der Waals surface area contributed by atoms with Gasteiger partial charge in [0.1, 0.15) is 17.2 Å². The van der Waals surface area contributed by atoms with Crippen LogP contribution < -0.4 is 9.47 Å². The van der Waals surface area contributed by atoms with Gasteiger partial charge in [-0.15, -0.1) is 0 Å². The Hall–Kier alpha value is -2.49. The number of nitrogens with zero attached hydrogens (tertiary/aromatic N) is 1. The van der Waals surface area contributed by atoms with Crippen LogP contribution in [-0.2, 0) is 4.79 Å². The minimum absolute atomic E-state index is 0.0708. The minimum atomic E-state index is 0.0708. The number of carbonyl (C=O) groups excluding carboxylic acids is 1. The molecule has 0 saturated carbocycles. The molecule has 0 atom stereocenters. The third-order valence-electron chi connectivity index (χ3n) is 4.12. The lowest BCUT2D eigenvalue weighted by Crippen LogP contribution is -2.35. The lowest BCUT2D eigenvalue weighted by molar-refractivity contribution is -0.133. The molecule has 0 bridgehead atoms. The molecule has 1 amide bonds. The molecule has 1 heterocycles. The molecule has 126 valence electrons. The zero-order chi connectivity index (χ0) is 16.6. The summed E-state index contributed by atoms with van der Waals surface area (Å²) in [6.45, 7) is 1.80. The van der Waals surface area contributed by atoms with E-state index < -0.39 is 0 Å². The smallest absolute Gasteiger partial charge is 0.260 e. The first kappa shape index (κ1) is 16.4. The van der Waals surface area contributed by atoms with Gasteiger partial charge in [0.05, 0.1) is 0 Å². The van der Waals surface area contributed by atoms with Crippen LogP contribution in [0.2, 0.25) is 0 Å². The molecule has 2 aromatic carbocycles. The van der Waals surface area contributed by atoms with Crippen molar-refractivity contribution in [2.45, 2.75) is 25.7 Å². The Labute approximate surface area is 143 Å². The summed E-state index contributed by atoms with van der Waals surface area (Å²) in [5, 5.41) is 0. The Bertz CT molecular complexity index is 632. The molecular formula is C20H23NO3. The third-order valence-corrected chi connectivity index (χ3v) is 4.12. The topological polar surface area (TPSA) is 38.8 Å². The molecule has 4 nitrogen and oxygen atoms in total. The number of benzene rings is 2. The van der Waals surface area contributed by atoms with E-state index in [0.717, 1.165) is 37.4 Å². The molecule has 0 unspecified atom stereocenters. The molecule has 0 radical (unpaired) electrons. The van der Waals surface area contributed by atoms with Crippen molar-refractivity contribution >= 4 is 5.91 Å². The fourth-order valence-corrected chi connectivity index (χ4v) is 2.78. The van der Waals surface area contributed by atoms with Crippen molar-refractivity contribution < 1.29 is 14.3 Å². The predicted molar refractivity (Wildman–Crippen MR) is 93.5 cm³/mol. The average Bonchev–Trinajstić information content (AvgIpc) is 2.91. The second-order valence-corrected chi connectivity index (χ2v) is 5.97. The Morgan fingerprint density at radius 1 is 0.792 bits per heavy atom. The van der Waals surface area contributed by atoms with Gasteiger partial charge in [-0.3, -0.25) is 4.79 Å². The summed E-state index contributed by atoms with van der Waals surface area (Å²) in [6, 6.07) is 17.0. The highest BCUT2D eigenvalue weighted by molar-refractivity contribution is 5.77. The van der Waals surface area contributed by atoms with Crippen LogP contribution in [0.1, 0.15) is 25.7 Å². The zero-order valence-electron chi connectivity index (χ0n) is 13.8. The van der Waals surface area contributed by atoms with Crippen molar-refractivity contribution in [2.24, 2.45) is 0 Å². The SMILES string of the molecule is O=C(COc1ccc(Oc2ccccc2)cc1)N1CCCCCC1. The van der Waals surface area contributed by atoms with E-state index in [1.807, 2.05) is 59.5 Å². The maximum atomic E-state index is 12.2. The Kier molecular flexibility index (Phi) is 5.72. The van der Waals surface area contributed by atoms with E-state index in [0.29, 0.717) is 5.75 Å². The highest BCUT2D eigenvalue weighted by Gasteiger charge is 2.15. The van der Waals surface area contributed by atoms with Gasteiger partial charge in [-0.2, -0.15) is 0 Å². The van der Waals surface area contributed by atoms with Crippen molar-refractivity contribution in [3.05, 3.63) is 54.6 Å². The number of amides is 1. The zero-order valence-corrected chi connectivity index (χ0v) is 13.8. The van der Waals surface area contributed by atoms with Crippen LogP contribution in [0.4, 0.5) is 0 Å². The fraction of sp³-hybridized carbons (Fsp3) is 0.350. The third kappa shape index (κ3) is 4.75. The average molecular weight is 325 g/mol. The lowest BCUT2D eigenvalue weighted by atomic mass is 10.2. The van der Waals surface area contributed by atoms with Crippen LogP contribution in [0.5, 0.6) is 17.2 Å². The maximum Gasteiger partial charge on any atom is 0.260 e. The van der Waals surface area contributed by atoms with Crippen molar-refractivity contribution in [3.63, 3.8) is 0 Å². The number of likely N-dealkylation sites (tertiary alicyclic amines) is 1. The van der Waals surface area contributed by atoms with Crippen molar-refractivity contribution in [2.75, 3.05) is 19.7 Å². The van der Waals surface area contributed by atoms with E-state index in [9.17, 15) is 4.79 Å². The van der Waals surface area contributed by atoms with Crippen LogP contribution in [-0.4, -0.2) is 30.5 Å². The first-order valence-corrected chi connectivity index (χ1v) is 8.55. The second-order valence-electron chi connectivity index (χ2n) is 5.97. The summed E-state index contributed by atoms with van der Waals surface area (Å²) in [6.07, 6.45) is 4.62. The van der Waals surface area contributed by atoms with Gasteiger partial charge in [-0.25, -0.2) is 0 Å². The van der Waals surface area contributed by atoms with Gasteiger partial charge in [0.15, 0.2) is 6.61 Å². The second kappa shape index (κ2) is 8.39. The van der Waals surface area contributed by atoms with Gasteiger partial charge in [-0.05, 0) is 49.2 Å². The summed E-state index contributed by atoms with van der Waals surface area (Å²) in [5.41, 5.74) is 0. The number of rotatable bonds is 5. The van der Waals surface area contributed by atoms with Crippen LogP contribution >= 0.6 is 0 Å². The molecule has 1 aliphatic rings. The van der Waals surface area contributed by atoms with Crippen LogP contribution in [0.15, 0.2) is 54.6 Å². The van der Waals surface area contributed by atoms with E-state index >= 15 is 0 Å². The molecule has 0 spiro atoms. The largest absolute Gasteiger partial charge is 0.484 e. The van der Waals surface area contributed by atoms with Crippen molar-refractivity contribution in [1.82, 2.24) is 4.90 Å². The van der Waals surface area contributed by atoms with E-state index in [4.69, 9.17) is 9.47 Å². The van der Waals surface area contributed by atoms with Gasteiger partial charge in [0.2, 0.25) is 0 Å². The standard InChI is InChI=1S/C20H23NO3/c22-20(21-14-6-1-2-7-15-21)16-23-17-10-12-19(13-11-17)24-18-8-4-3-5-9-18/h3-5,8-13H,1-2,6-7,14-16H2. The Morgan fingerprint density at radius 3 is 2.04 bits per heavy atom. The van der Waals surface area contributed by atoms with Crippen LogP contribution in [0, 0.1) is 0 Å². The molecule has 3 rings (SSSR count). The molecule has 1 saturated heterocycles. The number of ether oxygens (including phenoxy) is 2. The summed E-state index contributed by atoms with van der Waals surface area (Å²) < 4.78 is 11.4. The van der Waals surface area contributed by atoms with E-state index in [1.165, 1.54) is 12.8 Å². The van der Waals surface area contributed by atoms with Crippen LogP contribution in [0.3, 0.4) is 0 Å². The van der Waals surface area contributed by atoms with Gasteiger partial charge >= 0.3 is 0 Å². The lowest BCUT2D eigenvalue weighted by Gasteiger charge is -2.20. The summed E-state index contributed by atoms with van der Waals surface area (Å²) >= 11 is 0. The first-order valence-electron chi connectivity index (χ1n) is 8.55.